The van der Waals surface area contributed by atoms with Crippen molar-refractivity contribution in [2.45, 2.75) is 24.4 Å². The molecule has 1 unspecified atom stereocenters. The van der Waals surface area contributed by atoms with Crippen LogP contribution < -0.4 is 4.74 Å². The molecule has 37 heavy (non-hydrogen) atoms. The molecule has 0 spiro atoms. The van der Waals surface area contributed by atoms with Crippen molar-refractivity contribution in [2.24, 2.45) is 4.99 Å². The van der Waals surface area contributed by atoms with E-state index in [0.29, 0.717) is 23.5 Å². The van der Waals surface area contributed by atoms with Gasteiger partial charge in [-0.25, -0.2) is 4.79 Å². The number of phenolic OH excluding ortho intramolecular Hbond substituents is 1. The number of aromatic hydroxyl groups is 1. The van der Waals surface area contributed by atoms with E-state index < -0.39 is 12.0 Å². The number of benzene rings is 2. The molecule has 188 valence electrons. The summed E-state index contributed by atoms with van der Waals surface area (Å²) in [6.07, 6.45) is 3.64. The third-order valence-electron chi connectivity index (χ3n) is 6.17. The van der Waals surface area contributed by atoms with Crippen molar-refractivity contribution in [1.29, 1.82) is 0 Å². The molecule has 2 aromatic carbocycles. The van der Waals surface area contributed by atoms with Crippen molar-refractivity contribution in [3.8, 4) is 11.5 Å². The molecule has 2 atom stereocenters. The minimum atomic E-state index is -0.648. The highest BCUT2D eigenvalue weighted by atomic mass is 32.2. The van der Waals surface area contributed by atoms with Crippen LogP contribution in [-0.2, 0) is 27.4 Å². The third kappa shape index (κ3) is 5.22. The minimum Gasteiger partial charge on any atom is -0.507 e. The van der Waals surface area contributed by atoms with Crippen LogP contribution in [0.1, 0.15) is 16.8 Å². The Hall–Kier alpha value is -4.11. The molecule has 3 heterocycles. The van der Waals surface area contributed by atoms with E-state index in [2.05, 4.69) is 9.98 Å². The first kappa shape index (κ1) is 24.6. The summed E-state index contributed by atoms with van der Waals surface area (Å²) in [5, 5.41) is 9.68. The Morgan fingerprint density at radius 2 is 1.95 bits per heavy atom. The fraction of sp³-hybridized carbons (Fsp3) is 0.214. The number of hydrogen-bond donors (Lipinski definition) is 1. The molecular weight excluding hydrogens is 490 g/mol. The summed E-state index contributed by atoms with van der Waals surface area (Å²) in [4.78, 5) is 36.9. The van der Waals surface area contributed by atoms with Crippen molar-refractivity contribution in [2.75, 3.05) is 12.9 Å². The van der Waals surface area contributed by atoms with Crippen LogP contribution in [0.15, 0.2) is 89.2 Å². The normalized spacial score (nSPS) is 18.9. The molecule has 9 heteroatoms. The van der Waals surface area contributed by atoms with Gasteiger partial charge in [-0.15, -0.1) is 11.8 Å². The molecule has 0 aliphatic carbocycles. The van der Waals surface area contributed by atoms with Gasteiger partial charge in [-0.3, -0.25) is 19.7 Å². The minimum absolute atomic E-state index is 0.0674. The number of hydrogen-bond acceptors (Lipinski definition) is 8. The molecular formula is C28H25N3O5S. The van der Waals surface area contributed by atoms with Crippen molar-refractivity contribution in [3.05, 3.63) is 101 Å². The van der Waals surface area contributed by atoms with Gasteiger partial charge in [0, 0.05) is 35.8 Å². The lowest BCUT2D eigenvalue weighted by Crippen LogP contribution is -2.64. The standard InChI is InChI=1S/C28H25N3O5S/c1-35-22-11-9-18(10-12-22)16-36-28(34)25-20(14-21-7-4-5-13-29-21)17-37-27-24(26(33)31(25)27)30-15-19-6-2-3-8-23(19)32/h2-13,15,24,27,32H,14,16-17H2,1H3/b30-15-/t24-,27?/m1/s1. The number of methoxy groups -OCH3 is 1. The molecule has 8 nitrogen and oxygen atoms in total. The summed E-state index contributed by atoms with van der Waals surface area (Å²) >= 11 is 1.55. The fourth-order valence-corrected chi connectivity index (χ4v) is 5.55. The highest BCUT2D eigenvalue weighted by molar-refractivity contribution is 8.00. The van der Waals surface area contributed by atoms with Crippen LogP contribution in [0.25, 0.3) is 0 Å². The van der Waals surface area contributed by atoms with E-state index in [9.17, 15) is 14.7 Å². The Kier molecular flexibility index (Phi) is 7.23. The molecule has 0 saturated carbocycles. The predicted octanol–water partition coefficient (Wildman–Crippen LogP) is 3.74. The molecule has 1 aromatic heterocycles. The largest absolute Gasteiger partial charge is 0.507 e. The maximum Gasteiger partial charge on any atom is 0.355 e. The number of carbonyl (C=O) groups is 2. The lowest BCUT2D eigenvalue weighted by molar-refractivity contribution is -0.151. The van der Waals surface area contributed by atoms with Gasteiger partial charge in [-0.2, -0.15) is 0 Å². The van der Waals surface area contributed by atoms with E-state index in [0.717, 1.165) is 16.8 Å². The first-order valence-corrected chi connectivity index (χ1v) is 12.8. The molecule has 5 rings (SSSR count). The van der Waals surface area contributed by atoms with Crippen LogP contribution in [0.5, 0.6) is 11.5 Å². The zero-order valence-corrected chi connectivity index (χ0v) is 20.9. The molecule has 1 saturated heterocycles. The van der Waals surface area contributed by atoms with Gasteiger partial charge in [0.2, 0.25) is 0 Å². The quantitative estimate of drug-likeness (QED) is 0.277. The van der Waals surface area contributed by atoms with E-state index in [-0.39, 0.29) is 29.3 Å². The molecule has 0 radical (unpaired) electrons. The monoisotopic (exact) mass is 515 g/mol. The number of aliphatic imine (C=N–C) groups is 1. The van der Waals surface area contributed by atoms with Gasteiger partial charge in [-0.1, -0.05) is 30.3 Å². The van der Waals surface area contributed by atoms with E-state index in [1.807, 2.05) is 30.3 Å². The third-order valence-corrected chi connectivity index (χ3v) is 7.50. The number of pyridine rings is 1. The first-order valence-electron chi connectivity index (χ1n) is 11.7. The zero-order valence-electron chi connectivity index (χ0n) is 20.1. The number of phenols is 1. The summed E-state index contributed by atoms with van der Waals surface area (Å²) in [5.74, 6) is 0.513. The number of nitrogens with zero attached hydrogens (tertiary/aromatic N) is 3. The Labute approximate surface area is 218 Å². The maximum atomic E-state index is 13.4. The number of aromatic nitrogens is 1. The SMILES string of the molecule is COc1ccc(COC(=O)C2=C(Cc3ccccn3)CSC3[C@H](/N=C\c4ccccc4O)C(=O)N23)cc1. The lowest BCUT2D eigenvalue weighted by atomic mass is 10.0. The molecule has 2 aliphatic heterocycles. The second kappa shape index (κ2) is 10.9. The van der Waals surface area contributed by atoms with Gasteiger partial charge in [0.1, 0.15) is 29.2 Å². The van der Waals surface area contributed by atoms with E-state index in [4.69, 9.17) is 9.47 Å². The van der Waals surface area contributed by atoms with Crippen LogP contribution in [0.4, 0.5) is 0 Å². The summed E-state index contributed by atoms with van der Waals surface area (Å²) in [6.45, 7) is 0.0674. The van der Waals surface area contributed by atoms with E-state index in [1.165, 1.54) is 11.1 Å². The van der Waals surface area contributed by atoms with Crippen molar-refractivity contribution in [3.63, 3.8) is 0 Å². The summed E-state index contributed by atoms with van der Waals surface area (Å²) in [6, 6.07) is 19.0. The molecule has 1 N–H and O–H groups in total. The van der Waals surface area contributed by atoms with Crippen LogP contribution >= 0.6 is 11.8 Å². The van der Waals surface area contributed by atoms with Crippen LogP contribution in [0.3, 0.4) is 0 Å². The van der Waals surface area contributed by atoms with Crippen molar-refractivity contribution >= 4 is 29.9 Å². The Morgan fingerprint density at radius 3 is 2.68 bits per heavy atom. The topological polar surface area (TPSA) is 101 Å². The summed E-state index contributed by atoms with van der Waals surface area (Å²) < 4.78 is 10.8. The average Bonchev–Trinajstić information content (AvgIpc) is 2.93. The second-order valence-electron chi connectivity index (χ2n) is 8.57. The fourth-order valence-electron chi connectivity index (χ4n) is 4.21. The molecule has 1 fully saturated rings. The van der Waals surface area contributed by atoms with Gasteiger partial charge >= 0.3 is 5.97 Å². The number of fused-ring (bicyclic) bond motifs is 1. The van der Waals surface area contributed by atoms with Gasteiger partial charge < -0.3 is 14.6 Å². The number of β-lactam (4-membered cyclic amide) rings is 1. The number of rotatable bonds is 8. The molecule has 2 aliphatic rings. The summed E-state index contributed by atoms with van der Waals surface area (Å²) in [5.41, 5.74) is 3.19. The highest BCUT2D eigenvalue weighted by Crippen LogP contribution is 2.42. The van der Waals surface area contributed by atoms with Gasteiger partial charge in [0.05, 0.1) is 7.11 Å². The van der Waals surface area contributed by atoms with Crippen LogP contribution in [0.2, 0.25) is 0 Å². The Bertz CT molecular complexity index is 1360. The smallest absolute Gasteiger partial charge is 0.355 e. The maximum absolute atomic E-state index is 13.4. The molecule has 0 bridgehead atoms. The number of para-hydroxylation sites is 1. The molecule has 3 aromatic rings. The Balaban J connectivity index is 1.38. The van der Waals surface area contributed by atoms with Gasteiger partial charge in [-0.05, 0) is 47.5 Å². The molecule has 1 amide bonds. The highest BCUT2D eigenvalue weighted by Gasteiger charge is 2.53. The predicted molar refractivity (Wildman–Crippen MR) is 140 cm³/mol. The van der Waals surface area contributed by atoms with Gasteiger partial charge in [0.15, 0.2) is 6.04 Å². The lowest BCUT2D eigenvalue weighted by Gasteiger charge is -2.48. The average molecular weight is 516 g/mol. The van der Waals surface area contributed by atoms with E-state index >= 15 is 0 Å². The number of ether oxygens (including phenoxy) is 2. The van der Waals surface area contributed by atoms with Crippen molar-refractivity contribution in [1.82, 2.24) is 9.88 Å². The number of carbonyl (C=O) groups excluding carboxylic acids is 2. The number of thioether (sulfide) groups is 1. The van der Waals surface area contributed by atoms with Crippen LogP contribution in [-0.4, -0.2) is 57.4 Å². The van der Waals surface area contributed by atoms with Gasteiger partial charge in [0.25, 0.3) is 5.91 Å². The first-order chi connectivity index (χ1) is 18.0. The van der Waals surface area contributed by atoms with Crippen LogP contribution in [0, 0.1) is 0 Å². The Morgan fingerprint density at radius 1 is 1.16 bits per heavy atom. The zero-order chi connectivity index (χ0) is 25.8. The number of amides is 1. The summed E-state index contributed by atoms with van der Waals surface area (Å²) in [7, 11) is 1.59. The number of esters is 1. The van der Waals surface area contributed by atoms with Crippen molar-refractivity contribution < 1.29 is 24.2 Å². The van der Waals surface area contributed by atoms with E-state index in [1.54, 1.807) is 61.5 Å². The second-order valence-corrected chi connectivity index (χ2v) is 9.67.